The molecule has 0 bridgehead atoms. The lowest BCUT2D eigenvalue weighted by Crippen LogP contribution is -2.32. The quantitative estimate of drug-likeness (QED) is 0.860. The van der Waals surface area contributed by atoms with Gasteiger partial charge in [-0.15, -0.1) is 0 Å². The van der Waals surface area contributed by atoms with Crippen molar-refractivity contribution in [2.45, 2.75) is 51.6 Å². The summed E-state index contributed by atoms with van der Waals surface area (Å²) in [4.78, 5) is 0. The first kappa shape index (κ1) is 12.4. The first-order valence-electron chi connectivity index (χ1n) is 6.67. The van der Waals surface area contributed by atoms with Crippen molar-refractivity contribution < 1.29 is 4.74 Å². The number of aryl methyl sites for hydroxylation is 1. The third kappa shape index (κ3) is 2.81. The van der Waals surface area contributed by atoms with Crippen LogP contribution in [-0.2, 0) is 6.42 Å². The first-order chi connectivity index (χ1) is 8.24. The van der Waals surface area contributed by atoms with Crippen molar-refractivity contribution in [2.75, 3.05) is 7.11 Å². The highest BCUT2D eigenvalue weighted by molar-refractivity contribution is 5.39. The molecule has 2 atom stereocenters. The summed E-state index contributed by atoms with van der Waals surface area (Å²) in [5, 5.41) is 3.72. The Kier molecular flexibility index (Phi) is 4.06. The highest BCUT2D eigenvalue weighted by Crippen LogP contribution is 2.32. The van der Waals surface area contributed by atoms with E-state index >= 15 is 0 Å². The summed E-state index contributed by atoms with van der Waals surface area (Å²) >= 11 is 0. The van der Waals surface area contributed by atoms with Crippen molar-refractivity contribution in [3.63, 3.8) is 0 Å². The second-order valence-electron chi connectivity index (χ2n) is 4.99. The minimum absolute atomic E-state index is 0.504. The van der Waals surface area contributed by atoms with Crippen molar-refractivity contribution in [3.8, 4) is 5.75 Å². The van der Waals surface area contributed by atoms with Gasteiger partial charge in [0, 0.05) is 12.1 Å². The van der Waals surface area contributed by atoms with E-state index in [2.05, 4.69) is 37.4 Å². The monoisotopic (exact) mass is 233 g/mol. The van der Waals surface area contributed by atoms with Crippen LogP contribution in [0.4, 0.5) is 0 Å². The topological polar surface area (TPSA) is 21.3 Å². The second kappa shape index (κ2) is 5.54. The number of fused-ring (bicyclic) bond motifs is 1. The predicted molar refractivity (Wildman–Crippen MR) is 71.6 cm³/mol. The summed E-state index contributed by atoms with van der Waals surface area (Å²) in [5.74, 6) is 0.974. The predicted octanol–water partition coefficient (Wildman–Crippen LogP) is 3.46. The van der Waals surface area contributed by atoms with E-state index in [1.807, 2.05) is 0 Å². The molecule has 0 spiro atoms. The lowest BCUT2D eigenvalue weighted by Gasteiger charge is -2.29. The van der Waals surface area contributed by atoms with E-state index in [9.17, 15) is 0 Å². The van der Waals surface area contributed by atoms with Gasteiger partial charge < -0.3 is 10.1 Å². The van der Waals surface area contributed by atoms with Gasteiger partial charge in [-0.3, -0.25) is 0 Å². The van der Waals surface area contributed by atoms with Crippen molar-refractivity contribution in [1.82, 2.24) is 5.32 Å². The number of hydrogen-bond donors (Lipinski definition) is 1. The third-order valence-electron chi connectivity index (χ3n) is 3.77. The molecule has 0 aromatic heterocycles. The molecule has 0 saturated carbocycles. The molecule has 0 fully saturated rings. The lowest BCUT2D eigenvalue weighted by atomic mass is 9.87. The molecule has 0 saturated heterocycles. The van der Waals surface area contributed by atoms with Gasteiger partial charge in [0.05, 0.1) is 7.11 Å². The Morgan fingerprint density at radius 3 is 3.00 bits per heavy atom. The zero-order valence-corrected chi connectivity index (χ0v) is 11.1. The molecule has 1 aliphatic rings. The SMILES string of the molecule is CCC(C)NC1CCCc2ccc(OC)cc21. The Hall–Kier alpha value is -1.02. The molecule has 0 heterocycles. The van der Waals surface area contributed by atoms with E-state index in [0.717, 1.165) is 5.75 Å². The summed E-state index contributed by atoms with van der Waals surface area (Å²) in [6.45, 7) is 4.49. The molecule has 2 nitrogen and oxygen atoms in total. The molecule has 2 rings (SSSR count). The Morgan fingerprint density at radius 1 is 1.47 bits per heavy atom. The van der Waals surface area contributed by atoms with E-state index < -0.39 is 0 Å². The zero-order chi connectivity index (χ0) is 12.3. The Bertz CT molecular complexity index is 375. The molecule has 2 unspecified atom stereocenters. The molecule has 1 aromatic carbocycles. The van der Waals surface area contributed by atoms with Crippen LogP contribution in [0.1, 0.15) is 50.3 Å². The molecular weight excluding hydrogens is 210 g/mol. The van der Waals surface area contributed by atoms with Gasteiger partial charge in [0.2, 0.25) is 0 Å². The minimum atomic E-state index is 0.504. The second-order valence-corrected chi connectivity index (χ2v) is 4.99. The van der Waals surface area contributed by atoms with Crippen molar-refractivity contribution in [1.29, 1.82) is 0 Å². The van der Waals surface area contributed by atoms with E-state index in [1.165, 1.54) is 36.8 Å². The van der Waals surface area contributed by atoms with Crippen molar-refractivity contribution in [2.24, 2.45) is 0 Å². The number of ether oxygens (including phenoxy) is 1. The standard InChI is InChI=1S/C15H23NO/c1-4-11(2)16-15-7-5-6-12-8-9-13(17-3)10-14(12)15/h8-11,15-16H,4-7H2,1-3H3. The van der Waals surface area contributed by atoms with Crippen molar-refractivity contribution >= 4 is 0 Å². The average Bonchev–Trinajstić information content (AvgIpc) is 2.38. The van der Waals surface area contributed by atoms with Gasteiger partial charge in [-0.2, -0.15) is 0 Å². The number of benzene rings is 1. The van der Waals surface area contributed by atoms with E-state index in [1.54, 1.807) is 7.11 Å². The molecule has 0 aliphatic heterocycles. The van der Waals surface area contributed by atoms with E-state index in [0.29, 0.717) is 12.1 Å². The molecule has 17 heavy (non-hydrogen) atoms. The van der Waals surface area contributed by atoms with Gasteiger partial charge in [0.1, 0.15) is 5.75 Å². The Labute approximate surface area is 104 Å². The van der Waals surface area contributed by atoms with Crippen LogP contribution < -0.4 is 10.1 Å². The molecule has 1 aromatic rings. The van der Waals surface area contributed by atoms with Crippen molar-refractivity contribution in [3.05, 3.63) is 29.3 Å². The number of nitrogens with one attached hydrogen (secondary N) is 1. The van der Waals surface area contributed by atoms with Crippen LogP contribution in [0.2, 0.25) is 0 Å². The maximum absolute atomic E-state index is 5.33. The Morgan fingerprint density at radius 2 is 2.29 bits per heavy atom. The summed E-state index contributed by atoms with van der Waals surface area (Å²) < 4.78 is 5.33. The summed E-state index contributed by atoms with van der Waals surface area (Å²) in [6, 6.07) is 7.58. The molecule has 1 N–H and O–H groups in total. The molecule has 0 amide bonds. The summed E-state index contributed by atoms with van der Waals surface area (Å²) in [7, 11) is 1.74. The highest BCUT2D eigenvalue weighted by Gasteiger charge is 2.21. The smallest absolute Gasteiger partial charge is 0.119 e. The number of hydrogen-bond acceptors (Lipinski definition) is 2. The van der Waals surface area contributed by atoms with Crippen LogP contribution in [0.15, 0.2) is 18.2 Å². The van der Waals surface area contributed by atoms with Crippen LogP contribution in [0, 0.1) is 0 Å². The van der Waals surface area contributed by atoms with Gasteiger partial charge in [-0.1, -0.05) is 13.0 Å². The fourth-order valence-electron chi connectivity index (χ4n) is 2.54. The Balaban J connectivity index is 2.22. The number of rotatable bonds is 4. The van der Waals surface area contributed by atoms with Crippen LogP contribution in [0.25, 0.3) is 0 Å². The summed E-state index contributed by atoms with van der Waals surface area (Å²) in [5.41, 5.74) is 2.92. The maximum Gasteiger partial charge on any atom is 0.119 e. The highest BCUT2D eigenvalue weighted by atomic mass is 16.5. The average molecular weight is 233 g/mol. The van der Waals surface area contributed by atoms with Gasteiger partial charge in [0.25, 0.3) is 0 Å². The minimum Gasteiger partial charge on any atom is -0.497 e. The van der Waals surface area contributed by atoms with E-state index in [-0.39, 0.29) is 0 Å². The normalized spacial score (nSPS) is 20.8. The molecule has 2 heteroatoms. The first-order valence-corrected chi connectivity index (χ1v) is 6.67. The molecule has 1 aliphatic carbocycles. The number of methoxy groups -OCH3 is 1. The van der Waals surface area contributed by atoms with Crippen LogP contribution in [0.3, 0.4) is 0 Å². The van der Waals surface area contributed by atoms with Crippen LogP contribution in [0.5, 0.6) is 5.75 Å². The van der Waals surface area contributed by atoms with Crippen LogP contribution >= 0.6 is 0 Å². The van der Waals surface area contributed by atoms with Gasteiger partial charge >= 0.3 is 0 Å². The molecular formula is C15H23NO. The largest absolute Gasteiger partial charge is 0.497 e. The van der Waals surface area contributed by atoms with Crippen LogP contribution in [-0.4, -0.2) is 13.2 Å². The fraction of sp³-hybridized carbons (Fsp3) is 0.600. The van der Waals surface area contributed by atoms with Gasteiger partial charge in [0.15, 0.2) is 0 Å². The van der Waals surface area contributed by atoms with Gasteiger partial charge in [-0.25, -0.2) is 0 Å². The maximum atomic E-state index is 5.33. The van der Waals surface area contributed by atoms with Gasteiger partial charge in [-0.05, 0) is 55.9 Å². The molecule has 94 valence electrons. The third-order valence-corrected chi connectivity index (χ3v) is 3.77. The lowest BCUT2D eigenvalue weighted by molar-refractivity contribution is 0.392. The molecule has 0 radical (unpaired) electrons. The van der Waals surface area contributed by atoms with E-state index in [4.69, 9.17) is 4.74 Å². The fourth-order valence-corrected chi connectivity index (χ4v) is 2.54. The zero-order valence-electron chi connectivity index (χ0n) is 11.1. The summed E-state index contributed by atoms with van der Waals surface area (Å²) in [6.07, 6.45) is 4.91.